The Kier molecular flexibility index (Phi) is 8.81. The molecule has 2 N–H and O–H groups in total. The van der Waals surface area contributed by atoms with Gasteiger partial charge in [-0.15, -0.1) is 0 Å². The van der Waals surface area contributed by atoms with Crippen LogP contribution in [0.15, 0.2) is 0 Å². The van der Waals surface area contributed by atoms with Gasteiger partial charge >= 0.3 is 0 Å². The van der Waals surface area contributed by atoms with E-state index in [1.165, 1.54) is 6.42 Å². The Bertz CT molecular complexity index is 76.5. The van der Waals surface area contributed by atoms with Crippen molar-refractivity contribution in [2.75, 3.05) is 6.61 Å². The van der Waals surface area contributed by atoms with Crippen LogP contribution in [-0.2, 0) is 0 Å². The maximum Gasteiger partial charge on any atom is 0.109 e. The summed E-state index contributed by atoms with van der Waals surface area (Å²) in [7, 11) is 0. The number of hydrogen-bond acceptors (Lipinski definition) is 2. The van der Waals surface area contributed by atoms with Crippen LogP contribution in [0, 0.1) is 0 Å². The molecule has 0 radical (unpaired) electrons. The summed E-state index contributed by atoms with van der Waals surface area (Å²) in [6, 6.07) is 0. The second-order valence-electron chi connectivity index (χ2n) is 2.71. The van der Waals surface area contributed by atoms with Gasteiger partial charge in [0, 0.05) is 6.61 Å². The molecule has 68 valence electrons. The van der Waals surface area contributed by atoms with Gasteiger partial charge in [-0.2, -0.15) is 0 Å². The summed E-state index contributed by atoms with van der Waals surface area (Å²) in [5, 5.41) is 17.0. The van der Waals surface area contributed by atoms with E-state index in [4.69, 9.17) is 10.2 Å². The van der Waals surface area contributed by atoms with Crippen molar-refractivity contribution >= 4 is 15.9 Å². The fraction of sp³-hybridized carbons (Fsp3) is 1.00. The summed E-state index contributed by atoms with van der Waals surface area (Å²) in [5.74, 6) is 0. The van der Waals surface area contributed by atoms with Crippen molar-refractivity contribution in [2.45, 2.75) is 43.5 Å². The van der Waals surface area contributed by atoms with E-state index < -0.39 is 0 Å². The molecule has 11 heavy (non-hydrogen) atoms. The van der Waals surface area contributed by atoms with Crippen LogP contribution in [0.4, 0.5) is 0 Å². The van der Waals surface area contributed by atoms with E-state index in [0.717, 1.165) is 32.1 Å². The molecule has 0 aliphatic heterocycles. The number of unbranched alkanes of at least 4 members (excludes halogenated alkanes) is 4. The number of aliphatic hydroxyl groups is 2. The van der Waals surface area contributed by atoms with E-state index >= 15 is 0 Å². The van der Waals surface area contributed by atoms with Crippen molar-refractivity contribution in [3.05, 3.63) is 0 Å². The molecule has 0 amide bonds. The van der Waals surface area contributed by atoms with Crippen molar-refractivity contribution < 1.29 is 10.2 Å². The molecule has 1 atom stereocenters. The van der Waals surface area contributed by atoms with Crippen LogP contribution >= 0.6 is 15.9 Å². The standard InChI is InChI=1S/C8H17BrO2/c9-8(11)6-4-2-1-3-5-7-10/h8,10-11H,1-7H2. The van der Waals surface area contributed by atoms with Gasteiger partial charge in [-0.05, 0) is 19.3 Å². The van der Waals surface area contributed by atoms with Gasteiger partial charge in [0.2, 0.25) is 0 Å². The highest BCUT2D eigenvalue weighted by Crippen LogP contribution is 2.09. The lowest BCUT2D eigenvalue weighted by Gasteiger charge is -2.01. The molecule has 0 aromatic carbocycles. The molecule has 0 spiro atoms. The van der Waals surface area contributed by atoms with Gasteiger partial charge in [0.1, 0.15) is 5.01 Å². The summed E-state index contributed by atoms with van der Waals surface area (Å²) < 4.78 is 0. The van der Waals surface area contributed by atoms with E-state index in [0.29, 0.717) is 6.61 Å². The monoisotopic (exact) mass is 224 g/mol. The van der Waals surface area contributed by atoms with Gasteiger partial charge in [-0.3, -0.25) is 0 Å². The van der Waals surface area contributed by atoms with E-state index in [1.54, 1.807) is 0 Å². The first kappa shape index (κ1) is 11.4. The Morgan fingerprint density at radius 1 is 1.00 bits per heavy atom. The zero-order valence-electron chi connectivity index (χ0n) is 6.80. The second-order valence-corrected chi connectivity index (χ2v) is 3.77. The average molecular weight is 225 g/mol. The summed E-state index contributed by atoms with van der Waals surface area (Å²) in [4.78, 5) is 0. The van der Waals surface area contributed by atoms with Crippen molar-refractivity contribution in [3.63, 3.8) is 0 Å². The molecule has 2 nitrogen and oxygen atoms in total. The Balaban J connectivity index is 2.80. The van der Waals surface area contributed by atoms with Gasteiger partial charge < -0.3 is 10.2 Å². The third-order valence-electron chi connectivity index (χ3n) is 1.60. The quantitative estimate of drug-likeness (QED) is 0.514. The van der Waals surface area contributed by atoms with Gasteiger partial charge in [-0.1, -0.05) is 35.2 Å². The minimum atomic E-state index is -0.333. The van der Waals surface area contributed by atoms with E-state index in [1.807, 2.05) is 0 Å². The van der Waals surface area contributed by atoms with Crippen LogP contribution in [0.2, 0.25) is 0 Å². The molecule has 0 bridgehead atoms. The van der Waals surface area contributed by atoms with Gasteiger partial charge in [0.25, 0.3) is 0 Å². The molecule has 0 saturated carbocycles. The van der Waals surface area contributed by atoms with Crippen LogP contribution in [0.3, 0.4) is 0 Å². The summed E-state index contributed by atoms with van der Waals surface area (Å²) >= 11 is 3.07. The Morgan fingerprint density at radius 3 is 2.09 bits per heavy atom. The van der Waals surface area contributed by atoms with Crippen LogP contribution in [0.1, 0.15) is 38.5 Å². The molecule has 0 heterocycles. The fourth-order valence-electron chi connectivity index (χ4n) is 0.955. The van der Waals surface area contributed by atoms with Crippen LogP contribution in [0.25, 0.3) is 0 Å². The molecule has 0 aromatic rings. The normalized spacial score (nSPS) is 13.4. The number of rotatable bonds is 7. The molecule has 0 aliphatic rings. The van der Waals surface area contributed by atoms with Gasteiger partial charge in [0.15, 0.2) is 0 Å². The first-order valence-corrected chi connectivity index (χ1v) is 5.12. The predicted octanol–water partition coefficient (Wildman–Crippen LogP) is 2.03. The lowest BCUT2D eigenvalue weighted by Crippen LogP contribution is -1.93. The highest BCUT2D eigenvalue weighted by molar-refractivity contribution is 9.09. The maximum atomic E-state index is 8.83. The predicted molar refractivity (Wildman–Crippen MR) is 49.7 cm³/mol. The van der Waals surface area contributed by atoms with Crippen LogP contribution in [-0.4, -0.2) is 21.8 Å². The first-order chi connectivity index (χ1) is 5.27. The summed E-state index contributed by atoms with van der Waals surface area (Å²) in [6.45, 7) is 0.307. The molecule has 0 aromatic heterocycles. The minimum Gasteiger partial charge on any atom is -0.396 e. The lowest BCUT2D eigenvalue weighted by molar-refractivity contribution is 0.252. The third-order valence-corrected chi connectivity index (χ3v) is 2.06. The topological polar surface area (TPSA) is 40.5 Å². The molecular weight excluding hydrogens is 208 g/mol. The smallest absolute Gasteiger partial charge is 0.109 e. The molecule has 0 fully saturated rings. The Hall–Kier alpha value is 0.400. The highest BCUT2D eigenvalue weighted by atomic mass is 79.9. The van der Waals surface area contributed by atoms with Crippen LogP contribution in [0.5, 0.6) is 0 Å². The average Bonchev–Trinajstić information content (AvgIpc) is 1.96. The largest absolute Gasteiger partial charge is 0.396 e. The first-order valence-electron chi connectivity index (χ1n) is 4.20. The zero-order valence-corrected chi connectivity index (χ0v) is 8.39. The van der Waals surface area contributed by atoms with Crippen molar-refractivity contribution in [1.29, 1.82) is 0 Å². The summed E-state index contributed by atoms with van der Waals surface area (Å²) in [6.07, 6.45) is 6.24. The van der Waals surface area contributed by atoms with Crippen molar-refractivity contribution in [3.8, 4) is 0 Å². The molecule has 1 unspecified atom stereocenters. The Labute approximate surface area is 76.7 Å². The van der Waals surface area contributed by atoms with Crippen molar-refractivity contribution in [1.82, 2.24) is 0 Å². The van der Waals surface area contributed by atoms with Crippen LogP contribution < -0.4 is 0 Å². The summed E-state index contributed by atoms with van der Waals surface area (Å²) in [5.41, 5.74) is 0. The Morgan fingerprint density at radius 2 is 1.55 bits per heavy atom. The fourth-order valence-corrected chi connectivity index (χ4v) is 1.28. The SMILES string of the molecule is OCCCCCCCC(O)Br. The maximum absolute atomic E-state index is 8.83. The number of alkyl halides is 1. The molecule has 0 aliphatic carbocycles. The molecular formula is C8H17BrO2. The number of halogens is 1. The minimum absolute atomic E-state index is 0.307. The van der Waals surface area contributed by atoms with E-state index in [-0.39, 0.29) is 5.01 Å². The van der Waals surface area contributed by atoms with Crippen molar-refractivity contribution in [2.24, 2.45) is 0 Å². The van der Waals surface area contributed by atoms with Gasteiger partial charge in [-0.25, -0.2) is 0 Å². The third kappa shape index (κ3) is 10.4. The van der Waals surface area contributed by atoms with E-state index in [2.05, 4.69) is 15.9 Å². The lowest BCUT2D eigenvalue weighted by atomic mass is 10.1. The molecule has 0 saturated heterocycles. The van der Waals surface area contributed by atoms with E-state index in [9.17, 15) is 0 Å². The zero-order chi connectivity index (χ0) is 8.53. The number of aliphatic hydroxyl groups excluding tert-OH is 2. The second kappa shape index (κ2) is 8.50. The van der Waals surface area contributed by atoms with Gasteiger partial charge in [0.05, 0.1) is 0 Å². The molecule has 0 rings (SSSR count). The number of hydrogen-bond donors (Lipinski definition) is 2. The molecule has 3 heteroatoms. The highest BCUT2D eigenvalue weighted by Gasteiger charge is 1.96.